The molecule has 1 aliphatic rings. The highest BCUT2D eigenvalue weighted by atomic mass is 79.9. The van der Waals surface area contributed by atoms with Crippen molar-refractivity contribution in [3.05, 3.63) is 106 Å². The molecule has 1 unspecified atom stereocenters. The summed E-state index contributed by atoms with van der Waals surface area (Å²) in [5.41, 5.74) is 10.7. The first-order valence-electron chi connectivity index (χ1n) is 14.8. The van der Waals surface area contributed by atoms with Crippen LogP contribution in [0.4, 0.5) is 0 Å². The van der Waals surface area contributed by atoms with E-state index in [0.717, 1.165) is 37.8 Å². The zero-order chi connectivity index (χ0) is 32.0. The van der Waals surface area contributed by atoms with Crippen molar-refractivity contribution in [2.45, 2.75) is 44.3 Å². The molecule has 1 amide bonds. The van der Waals surface area contributed by atoms with E-state index >= 15 is 0 Å². The quantitative estimate of drug-likeness (QED) is 0.198. The lowest BCUT2D eigenvalue weighted by molar-refractivity contribution is -0.142. The molecule has 1 aliphatic heterocycles. The Kier molecular flexibility index (Phi) is 10.4. The normalized spacial score (nSPS) is 16.5. The minimum absolute atomic E-state index is 0.0359. The Morgan fingerprint density at radius 2 is 1.80 bits per heavy atom. The fourth-order valence-corrected chi connectivity index (χ4v) is 7.51. The van der Waals surface area contributed by atoms with Gasteiger partial charge < -0.3 is 16.2 Å². The average molecular weight is 692 g/mol. The number of carboxylic acid groups (broad SMARTS) is 1. The third kappa shape index (κ3) is 8.04. The molecule has 0 spiro atoms. The largest absolute Gasteiger partial charge is 0.480 e. The van der Waals surface area contributed by atoms with Gasteiger partial charge in [-0.25, -0.2) is 18.2 Å². The van der Waals surface area contributed by atoms with E-state index in [2.05, 4.69) is 21.2 Å². The van der Waals surface area contributed by atoms with Crippen LogP contribution < -0.4 is 11.1 Å². The van der Waals surface area contributed by atoms with Gasteiger partial charge in [0, 0.05) is 34.9 Å². The molecule has 234 valence electrons. The summed E-state index contributed by atoms with van der Waals surface area (Å²) in [6.45, 7) is 0.629. The monoisotopic (exact) mass is 690 g/mol. The topological polar surface area (TPSA) is 143 Å². The van der Waals surface area contributed by atoms with Gasteiger partial charge in [-0.15, -0.1) is 0 Å². The lowest BCUT2D eigenvalue weighted by atomic mass is 10.0. The van der Waals surface area contributed by atoms with Crippen molar-refractivity contribution in [1.82, 2.24) is 14.6 Å². The number of rotatable bonds is 11. The van der Waals surface area contributed by atoms with E-state index in [-0.39, 0.29) is 18.7 Å². The minimum atomic E-state index is -3.82. The average Bonchev–Trinajstić information content (AvgIpc) is 3.04. The van der Waals surface area contributed by atoms with Crippen molar-refractivity contribution in [2.24, 2.45) is 5.73 Å². The number of aromatic nitrogens is 1. The van der Waals surface area contributed by atoms with Crippen molar-refractivity contribution in [1.29, 1.82) is 0 Å². The number of nitrogens with two attached hydrogens (primary N) is 1. The van der Waals surface area contributed by atoms with Crippen LogP contribution in [0.5, 0.6) is 0 Å². The first-order chi connectivity index (χ1) is 21.6. The summed E-state index contributed by atoms with van der Waals surface area (Å²) in [4.78, 5) is 30.4. The van der Waals surface area contributed by atoms with Crippen molar-refractivity contribution < 1.29 is 23.1 Å². The molecule has 4 N–H and O–H groups in total. The van der Waals surface area contributed by atoms with E-state index in [0.29, 0.717) is 31.4 Å². The zero-order valence-corrected chi connectivity index (χ0v) is 27.0. The summed E-state index contributed by atoms with van der Waals surface area (Å²) in [5, 5.41) is 13.4. The van der Waals surface area contributed by atoms with E-state index < -0.39 is 34.0 Å². The van der Waals surface area contributed by atoms with Gasteiger partial charge in [-0.2, -0.15) is 4.31 Å². The maximum Gasteiger partial charge on any atom is 0.326 e. The number of sulfonamides is 1. The van der Waals surface area contributed by atoms with Gasteiger partial charge in [-0.3, -0.25) is 4.79 Å². The number of hydrogen-bond donors (Lipinski definition) is 3. The van der Waals surface area contributed by atoms with Gasteiger partial charge in [0.25, 0.3) is 0 Å². The Hall–Kier alpha value is -3.90. The van der Waals surface area contributed by atoms with Crippen LogP contribution in [0.1, 0.15) is 36.0 Å². The van der Waals surface area contributed by atoms with Crippen molar-refractivity contribution in [2.75, 3.05) is 12.3 Å². The molecule has 1 aromatic heterocycles. The number of piperidine rings is 1. The van der Waals surface area contributed by atoms with Crippen LogP contribution in [0.3, 0.4) is 0 Å². The van der Waals surface area contributed by atoms with Crippen LogP contribution in [-0.2, 0) is 32.6 Å². The number of halogens is 1. The summed E-state index contributed by atoms with van der Waals surface area (Å²) in [7, 11) is -3.82. The fourth-order valence-electron chi connectivity index (χ4n) is 5.49. The van der Waals surface area contributed by atoms with Crippen molar-refractivity contribution in [3.63, 3.8) is 0 Å². The number of carbonyl (C=O) groups is 2. The Morgan fingerprint density at radius 1 is 1.04 bits per heavy atom. The van der Waals surface area contributed by atoms with Crippen LogP contribution in [0.2, 0.25) is 0 Å². The van der Waals surface area contributed by atoms with Crippen molar-refractivity contribution >= 4 is 54.8 Å². The molecule has 1 fully saturated rings. The Morgan fingerprint density at radius 3 is 2.53 bits per heavy atom. The number of fused-ring (bicyclic) bond motifs is 1. The molecular weight excluding hydrogens is 656 g/mol. The predicted octanol–water partition coefficient (Wildman–Crippen LogP) is 5.13. The first kappa shape index (κ1) is 32.5. The Labute approximate surface area is 271 Å². The maximum absolute atomic E-state index is 13.4. The standard InChI is InChI=1S/C34H35BrN4O5S/c35-28-8-2-1-7-27(28)30-17-15-26-20-25(14-16-29(26)37-30)21-31(34(41)42)38-33(40)32-9-3-4-18-39(32)45(43,44)19-5-6-23-10-12-24(22-36)13-11-23/h1-2,5-8,10-17,20,31-32H,3-4,9,18-19,21-22,36H2,(H,38,40)(H,41,42)/t31?,32-/m0/s1. The molecule has 0 radical (unpaired) electrons. The summed E-state index contributed by atoms with van der Waals surface area (Å²) < 4.78 is 28.8. The summed E-state index contributed by atoms with van der Waals surface area (Å²) in [6.07, 6.45) is 4.94. The predicted molar refractivity (Wildman–Crippen MR) is 180 cm³/mol. The molecule has 2 heterocycles. The van der Waals surface area contributed by atoms with Gasteiger partial charge in [0.1, 0.15) is 12.1 Å². The number of carbonyl (C=O) groups excluding carboxylic acids is 1. The Balaban J connectivity index is 1.27. The number of hydrogen-bond acceptors (Lipinski definition) is 6. The highest BCUT2D eigenvalue weighted by molar-refractivity contribution is 9.10. The molecule has 0 aliphatic carbocycles. The van der Waals surface area contributed by atoms with Gasteiger partial charge in [0.05, 0.1) is 17.0 Å². The SMILES string of the molecule is NCc1ccc(C=CCS(=O)(=O)N2CCCC[C@H]2C(=O)NC(Cc2ccc3nc(-c4ccccc4Br)ccc3c2)C(=O)O)cc1. The van der Waals surface area contributed by atoms with Gasteiger partial charge in [0.2, 0.25) is 15.9 Å². The second kappa shape index (κ2) is 14.5. The van der Waals surface area contributed by atoms with E-state index in [1.54, 1.807) is 18.2 Å². The second-order valence-electron chi connectivity index (χ2n) is 11.1. The molecule has 0 saturated carbocycles. The molecule has 5 rings (SSSR count). The smallest absolute Gasteiger partial charge is 0.326 e. The molecule has 0 bridgehead atoms. The van der Waals surface area contributed by atoms with Crippen LogP contribution in [0.25, 0.3) is 28.2 Å². The van der Waals surface area contributed by atoms with Gasteiger partial charge >= 0.3 is 5.97 Å². The van der Waals surface area contributed by atoms with Gasteiger partial charge in [-0.1, -0.05) is 89.1 Å². The van der Waals surface area contributed by atoms with E-state index in [4.69, 9.17) is 10.7 Å². The fraction of sp³-hybridized carbons (Fsp3) is 0.265. The summed E-state index contributed by atoms with van der Waals surface area (Å²) >= 11 is 3.56. The van der Waals surface area contributed by atoms with E-state index in [9.17, 15) is 23.1 Å². The highest BCUT2D eigenvalue weighted by Gasteiger charge is 2.37. The number of amides is 1. The number of aliphatic carboxylic acids is 1. The van der Waals surface area contributed by atoms with E-state index in [1.165, 1.54) is 4.31 Å². The minimum Gasteiger partial charge on any atom is -0.480 e. The number of nitrogens with one attached hydrogen (secondary N) is 1. The van der Waals surface area contributed by atoms with Gasteiger partial charge in [0.15, 0.2) is 0 Å². The molecule has 9 nitrogen and oxygen atoms in total. The number of nitrogens with zero attached hydrogens (tertiary/aromatic N) is 2. The summed E-state index contributed by atoms with van der Waals surface area (Å²) in [6, 6.07) is 22.4. The molecule has 2 atom stereocenters. The lowest BCUT2D eigenvalue weighted by Crippen LogP contribution is -2.55. The first-order valence-corrected chi connectivity index (χ1v) is 17.2. The molecule has 4 aromatic rings. The number of benzene rings is 3. The van der Waals surface area contributed by atoms with Crippen LogP contribution in [-0.4, -0.2) is 59.1 Å². The molecule has 3 aromatic carbocycles. The molecular formula is C34H35BrN4O5S. The van der Waals surface area contributed by atoms with E-state index in [1.807, 2.05) is 72.8 Å². The number of carboxylic acids is 1. The third-order valence-electron chi connectivity index (χ3n) is 7.90. The van der Waals surface area contributed by atoms with Crippen LogP contribution in [0.15, 0.2) is 89.4 Å². The summed E-state index contributed by atoms with van der Waals surface area (Å²) in [5.74, 6) is -2.07. The number of pyridine rings is 1. The molecule has 1 saturated heterocycles. The van der Waals surface area contributed by atoms with Gasteiger partial charge in [-0.05, 0) is 53.8 Å². The molecule has 45 heavy (non-hydrogen) atoms. The second-order valence-corrected chi connectivity index (χ2v) is 13.9. The highest BCUT2D eigenvalue weighted by Crippen LogP contribution is 2.28. The Bertz CT molecular complexity index is 1830. The molecule has 11 heteroatoms. The third-order valence-corrected chi connectivity index (χ3v) is 10.4. The lowest BCUT2D eigenvalue weighted by Gasteiger charge is -2.34. The zero-order valence-electron chi connectivity index (χ0n) is 24.6. The van der Waals surface area contributed by atoms with Crippen LogP contribution >= 0.6 is 15.9 Å². The van der Waals surface area contributed by atoms with Crippen LogP contribution in [0, 0.1) is 0 Å². The maximum atomic E-state index is 13.4. The van der Waals surface area contributed by atoms with Crippen molar-refractivity contribution in [3.8, 4) is 11.3 Å².